The minimum atomic E-state index is -0.482. The molecule has 2 heterocycles. The van der Waals surface area contributed by atoms with Gasteiger partial charge in [0.15, 0.2) is 4.32 Å². The number of thiocarbonyl (C=S) groups is 1. The smallest absolute Gasteiger partial charge is 0.270 e. The molecule has 1 aliphatic heterocycles. The molecule has 4 rings (SSSR count). The Kier molecular flexibility index (Phi) is 5.49. The highest BCUT2D eigenvalue weighted by molar-refractivity contribution is 8.27. The van der Waals surface area contributed by atoms with Crippen LogP contribution in [-0.2, 0) is 4.79 Å². The average Bonchev–Trinajstić information content (AvgIpc) is 3.17. The van der Waals surface area contributed by atoms with Crippen LogP contribution in [-0.4, -0.2) is 21.9 Å². The van der Waals surface area contributed by atoms with E-state index in [0.29, 0.717) is 9.23 Å². The van der Waals surface area contributed by atoms with E-state index in [2.05, 4.69) is 4.57 Å². The van der Waals surface area contributed by atoms with Gasteiger partial charge in [0, 0.05) is 11.4 Å². The molecule has 7 heteroatoms. The van der Waals surface area contributed by atoms with Crippen LogP contribution in [0, 0.1) is 19.7 Å². The lowest BCUT2D eigenvalue weighted by molar-refractivity contribution is -0.113. The summed E-state index contributed by atoms with van der Waals surface area (Å²) >= 11 is 6.54. The van der Waals surface area contributed by atoms with Crippen molar-refractivity contribution in [3.8, 4) is 11.4 Å². The second kappa shape index (κ2) is 8.08. The molecule has 0 N–H and O–H groups in total. The van der Waals surface area contributed by atoms with E-state index in [0.717, 1.165) is 28.4 Å². The number of nitrogens with zero attached hydrogens (tertiary/aromatic N) is 2. The number of anilines is 1. The highest BCUT2D eigenvalue weighted by Crippen LogP contribution is 2.38. The van der Waals surface area contributed by atoms with Crippen molar-refractivity contribution in [2.75, 3.05) is 12.0 Å². The topological polar surface area (TPSA) is 34.5 Å². The van der Waals surface area contributed by atoms with Gasteiger partial charge in [-0.05, 0) is 55.8 Å². The summed E-state index contributed by atoms with van der Waals surface area (Å²) in [6.45, 7) is 3.99. The zero-order chi connectivity index (χ0) is 21.4. The largest absolute Gasteiger partial charge is 0.495 e. The van der Waals surface area contributed by atoms with E-state index < -0.39 is 5.82 Å². The normalized spacial score (nSPS) is 15.3. The molecule has 1 saturated heterocycles. The molecular formula is C23H19FN2O2S2. The highest BCUT2D eigenvalue weighted by Gasteiger charge is 2.35. The van der Waals surface area contributed by atoms with Crippen LogP contribution in [0.3, 0.4) is 0 Å². The fraction of sp³-hybridized carbons (Fsp3) is 0.130. The molecule has 1 fully saturated rings. The first-order valence-corrected chi connectivity index (χ1v) is 10.5. The van der Waals surface area contributed by atoms with E-state index in [9.17, 15) is 9.18 Å². The number of carbonyl (C=O) groups is 1. The van der Waals surface area contributed by atoms with Crippen molar-refractivity contribution in [3.63, 3.8) is 0 Å². The Hall–Kier alpha value is -2.90. The van der Waals surface area contributed by atoms with E-state index >= 15 is 0 Å². The Morgan fingerprint density at radius 1 is 1.07 bits per heavy atom. The lowest BCUT2D eigenvalue weighted by atomic mass is 10.2. The summed E-state index contributed by atoms with van der Waals surface area (Å²) in [7, 11) is 1.64. The van der Waals surface area contributed by atoms with Crippen molar-refractivity contribution < 1.29 is 13.9 Å². The SMILES string of the molecule is COc1ccccc1-n1c(C)cc(/C=C2\SC(=S)N(c3ccccc3F)C2=O)c1C. The first-order valence-electron chi connectivity index (χ1n) is 9.27. The third-order valence-corrected chi connectivity index (χ3v) is 6.27. The number of rotatable bonds is 4. The molecule has 1 amide bonds. The van der Waals surface area contributed by atoms with E-state index in [-0.39, 0.29) is 11.6 Å². The molecule has 0 atom stereocenters. The molecule has 0 radical (unpaired) electrons. The van der Waals surface area contributed by atoms with Gasteiger partial charge >= 0.3 is 0 Å². The van der Waals surface area contributed by atoms with E-state index in [1.54, 1.807) is 25.3 Å². The Labute approximate surface area is 184 Å². The van der Waals surface area contributed by atoms with Gasteiger partial charge in [-0.3, -0.25) is 9.69 Å². The number of para-hydroxylation sites is 3. The number of amides is 1. The number of methoxy groups -OCH3 is 1. The minimum absolute atomic E-state index is 0.169. The lowest BCUT2D eigenvalue weighted by Gasteiger charge is -2.15. The summed E-state index contributed by atoms with van der Waals surface area (Å²) < 4.78 is 22.1. The van der Waals surface area contributed by atoms with Gasteiger partial charge in [-0.1, -0.05) is 48.2 Å². The Morgan fingerprint density at radius 2 is 1.73 bits per heavy atom. The summed E-state index contributed by atoms with van der Waals surface area (Å²) in [4.78, 5) is 14.7. The van der Waals surface area contributed by atoms with Crippen molar-refractivity contribution in [2.24, 2.45) is 0 Å². The summed E-state index contributed by atoms with van der Waals surface area (Å²) in [5, 5.41) is 0. The zero-order valence-electron chi connectivity index (χ0n) is 16.7. The van der Waals surface area contributed by atoms with Gasteiger partial charge in [0.1, 0.15) is 11.6 Å². The maximum atomic E-state index is 14.2. The fourth-order valence-corrected chi connectivity index (χ4v) is 4.84. The Bertz CT molecular complexity index is 1200. The number of benzene rings is 2. The molecule has 0 unspecified atom stereocenters. The van der Waals surface area contributed by atoms with Crippen molar-refractivity contribution in [2.45, 2.75) is 13.8 Å². The monoisotopic (exact) mass is 438 g/mol. The quantitative estimate of drug-likeness (QED) is 0.390. The third kappa shape index (κ3) is 3.44. The summed E-state index contributed by atoms with van der Waals surface area (Å²) in [6, 6.07) is 15.9. The number of thioether (sulfide) groups is 1. The van der Waals surface area contributed by atoms with Crippen molar-refractivity contribution in [1.82, 2.24) is 4.57 Å². The predicted molar refractivity (Wildman–Crippen MR) is 124 cm³/mol. The van der Waals surface area contributed by atoms with Gasteiger partial charge < -0.3 is 9.30 Å². The molecule has 3 aromatic rings. The van der Waals surface area contributed by atoms with Crippen LogP contribution in [0.4, 0.5) is 10.1 Å². The molecule has 30 heavy (non-hydrogen) atoms. The van der Waals surface area contributed by atoms with Gasteiger partial charge in [0.2, 0.25) is 0 Å². The fourth-order valence-electron chi connectivity index (χ4n) is 3.57. The van der Waals surface area contributed by atoms with Crippen molar-refractivity contribution in [1.29, 1.82) is 0 Å². The lowest BCUT2D eigenvalue weighted by Crippen LogP contribution is -2.28. The van der Waals surface area contributed by atoms with Crippen LogP contribution in [0.25, 0.3) is 11.8 Å². The van der Waals surface area contributed by atoms with Gasteiger partial charge in [-0.15, -0.1) is 0 Å². The molecule has 152 valence electrons. The molecule has 4 nitrogen and oxygen atoms in total. The summed E-state index contributed by atoms with van der Waals surface area (Å²) in [5.74, 6) is -0.0432. The van der Waals surface area contributed by atoms with Crippen LogP contribution in [0.2, 0.25) is 0 Å². The second-order valence-corrected chi connectivity index (χ2v) is 8.48. The highest BCUT2D eigenvalue weighted by atomic mass is 32.2. The number of carbonyl (C=O) groups excluding carboxylic acids is 1. The van der Waals surface area contributed by atoms with Crippen LogP contribution in [0.5, 0.6) is 5.75 Å². The number of ether oxygens (including phenoxy) is 1. The van der Waals surface area contributed by atoms with E-state index in [1.165, 1.54) is 22.7 Å². The number of aryl methyl sites for hydroxylation is 1. The second-order valence-electron chi connectivity index (χ2n) is 6.80. The Morgan fingerprint density at radius 3 is 2.43 bits per heavy atom. The van der Waals surface area contributed by atoms with Gasteiger partial charge in [-0.2, -0.15) is 0 Å². The summed E-state index contributed by atoms with van der Waals surface area (Å²) in [5.41, 5.74) is 3.96. The zero-order valence-corrected chi connectivity index (χ0v) is 18.3. The number of halogens is 1. The number of hydrogen-bond donors (Lipinski definition) is 0. The number of aromatic nitrogens is 1. The Balaban J connectivity index is 1.74. The minimum Gasteiger partial charge on any atom is -0.495 e. The molecule has 1 aliphatic rings. The summed E-state index contributed by atoms with van der Waals surface area (Å²) in [6.07, 6.45) is 1.81. The van der Waals surface area contributed by atoms with Crippen molar-refractivity contribution in [3.05, 3.63) is 82.3 Å². The van der Waals surface area contributed by atoms with E-state index in [4.69, 9.17) is 17.0 Å². The van der Waals surface area contributed by atoms with E-state index in [1.807, 2.05) is 50.3 Å². The van der Waals surface area contributed by atoms with Crippen LogP contribution in [0.15, 0.2) is 59.5 Å². The average molecular weight is 439 g/mol. The molecule has 1 aromatic heterocycles. The first kappa shape index (κ1) is 20.4. The standard InChI is InChI=1S/C23H19FN2O2S2/c1-14-12-16(15(2)25(14)19-10-6-7-11-20(19)28-3)13-21-22(27)26(23(29)30-21)18-9-5-4-8-17(18)24/h4-13H,1-3H3/b21-13-. The molecule has 0 saturated carbocycles. The van der Waals surface area contributed by atoms with Crippen LogP contribution < -0.4 is 9.64 Å². The van der Waals surface area contributed by atoms with Gasteiger partial charge in [-0.25, -0.2) is 4.39 Å². The molecule has 0 spiro atoms. The molecular weight excluding hydrogens is 419 g/mol. The molecule has 0 aliphatic carbocycles. The van der Waals surface area contributed by atoms with Gasteiger partial charge in [0.05, 0.1) is 23.4 Å². The predicted octanol–water partition coefficient (Wildman–Crippen LogP) is 5.65. The number of hydrogen-bond acceptors (Lipinski definition) is 4. The maximum Gasteiger partial charge on any atom is 0.270 e. The van der Waals surface area contributed by atoms with Crippen LogP contribution >= 0.6 is 24.0 Å². The van der Waals surface area contributed by atoms with Crippen molar-refractivity contribution >= 4 is 46.0 Å². The van der Waals surface area contributed by atoms with Gasteiger partial charge in [0.25, 0.3) is 5.91 Å². The van der Waals surface area contributed by atoms with Crippen LogP contribution in [0.1, 0.15) is 17.0 Å². The first-order chi connectivity index (χ1) is 14.4. The molecule has 0 bridgehead atoms. The maximum absolute atomic E-state index is 14.2. The molecule has 2 aromatic carbocycles. The third-order valence-electron chi connectivity index (χ3n) is 4.97.